The Bertz CT molecular complexity index is 764. The van der Waals surface area contributed by atoms with Gasteiger partial charge in [-0.1, -0.05) is 168 Å². The van der Waals surface area contributed by atoms with E-state index >= 15 is 0 Å². The summed E-state index contributed by atoms with van der Waals surface area (Å²) >= 11 is 0. The second kappa shape index (κ2) is 32.7. The minimum absolute atomic E-state index is 0. The van der Waals surface area contributed by atoms with Gasteiger partial charge in [-0.25, -0.2) is 0 Å². The van der Waals surface area contributed by atoms with Crippen LogP contribution in [0.3, 0.4) is 0 Å². The van der Waals surface area contributed by atoms with Gasteiger partial charge in [0.1, 0.15) is 4.75 Å². The molecule has 0 fully saturated rings. The van der Waals surface area contributed by atoms with E-state index in [2.05, 4.69) is 13.8 Å². The van der Waals surface area contributed by atoms with Gasteiger partial charge in [-0.05, 0) is 25.2 Å². The first-order chi connectivity index (χ1) is 19.6. The summed E-state index contributed by atoms with van der Waals surface area (Å²) in [7, 11) is -5.10. The van der Waals surface area contributed by atoms with Crippen molar-refractivity contribution in [2.24, 2.45) is 5.92 Å². The van der Waals surface area contributed by atoms with Crippen LogP contribution in [-0.2, 0) is 19.7 Å². The first-order valence-corrected chi connectivity index (χ1v) is 18.5. The van der Waals surface area contributed by atoms with Crippen molar-refractivity contribution in [3.63, 3.8) is 0 Å². The van der Waals surface area contributed by atoms with E-state index in [1.165, 1.54) is 83.5 Å². The van der Waals surface area contributed by atoms with E-state index in [0.717, 1.165) is 51.4 Å². The first kappa shape index (κ1) is 49.5. The van der Waals surface area contributed by atoms with Crippen molar-refractivity contribution in [3.8, 4) is 0 Å². The van der Waals surface area contributed by atoms with Gasteiger partial charge in [0.2, 0.25) is 0 Å². The second-order valence-electron chi connectivity index (χ2n) is 12.2. The number of unbranched alkanes of at least 4 members (excludes halogenated alkanes) is 22. The predicted octanol–water partition coefficient (Wildman–Crippen LogP) is 1.31. The van der Waals surface area contributed by atoms with Crippen molar-refractivity contribution in [1.82, 2.24) is 0 Å². The van der Waals surface area contributed by atoms with Crippen LogP contribution in [0.15, 0.2) is 0 Å². The molecule has 0 rings (SSSR count). The molecular weight excluding hydrogens is 619 g/mol. The van der Waals surface area contributed by atoms with E-state index in [0.29, 0.717) is 12.8 Å². The molecule has 0 aromatic carbocycles. The van der Waals surface area contributed by atoms with Gasteiger partial charge in [0.15, 0.2) is 0 Å². The molecule has 0 spiro atoms. The van der Waals surface area contributed by atoms with Crippen LogP contribution in [0.25, 0.3) is 0 Å². The molecule has 0 aromatic rings. The minimum atomic E-state index is -5.10. The third kappa shape index (κ3) is 24.9. The van der Waals surface area contributed by atoms with Gasteiger partial charge in [0.05, 0.1) is 5.97 Å². The van der Waals surface area contributed by atoms with Gasteiger partial charge in [-0.15, -0.1) is 0 Å². The van der Waals surface area contributed by atoms with E-state index in [4.69, 9.17) is 0 Å². The summed E-state index contributed by atoms with van der Waals surface area (Å²) in [6.45, 7) is 4.42. The maximum Gasteiger partial charge on any atom is 1.00 e. The quantitative estimate of drug-likeness (QED) is 0.0663. The second-order valence-corrected chi connectivity index (χ2v) is 13.9. The van der Waals surface area contributed by atoms with Crippen LogP contribution >= 0.6 is 0 Å². The van der Waals surface area contributed by atoms with Crippen LogP contribution in [-0.4, -0.2) is 29.7 Å². The number of rotatable bonds is 31. The molecule has 10 heteroatoms. The van der Waals surface area contributed by atoms with Crippen molar-refractivity contribution < 1.29 is 136 Å². The Morgan fingerprint density at radius 2 is 0.884 bits per heavy atom. The number of carbonyl (C=O) groups excluding carboxylic acids is 2. The Balaban J connectivity index is -0.00000800. The Labute approximate surface area is 350 Å². The Morgan fingerprint density at radius 1 is 0.581 bits per heavy atom. The zero-order valence-electron chi connectivity index (χ0n) is 28.5. The van der Waals surface area contributed by atoms with E-state index < -0.39 is 39.1 Å². The summed E-state index contributed by atoms with van der Waals surface area (Å²) in [4.78, 5) is 23.8. The third-order valence-electron chi connectivity index (χ3n) is 8.69. The van der Waals surface area contributed by atoms with Gasteiger partial charge in [-0.2, -0.15) is 8.42 Å². The summed E-state index contributed by atoms with van der Waals surface area (Å²) in [6, 6.07) is 0. The standard InChI is InChI=1S/C33H64O7S.2K/c1-3-5-7-9-11-13-15-17-19-21-23-25-27-30(29-31(34)35)33(32(36)37,41(38,39)40)28-26-24-22-20-18-16-14-12-10-8-6-4-2;;/h30H,3-29H2,1-2H3,(H,34,35)(H,36,37)(H,38,39,40);;/q;2*+1/p-2. The van der Waals surface area contributed by atoms with Crippen LogP contribution in [0.1, 0.15) is 187 Å². The van der Waals surface area contributed by atoms with Crippen LogP contribution in [0.2, 0.25) is 0 Å². The fourth-order valence-corrected chi connectivity index (χ4v) is 7.31. The molecule has 0 radical (unpaired) electrons. The van der Waals surface area contributed by atoms with Crippen molar-refractivity contribution in [1.29, 1.82) is 0 Å². The maximum absolute atomic E-state index is 12.5. The normalized spacial score (nSPS) is 13.5. The number of aliphatic carboxylic acids is 2. The number of carboxylic acids is 2. The van der Waals surface area contributed by atoms with Crippen molar-refractivity contribution in [3.05, 3.63) is 0 Å². The number of carbonyl (C=O) groups is 2. The van der Waals surface area contributed by atoms with Gasteiger partial charge in [-0.3, -0.25) is 4.55 Å². The number of hydrogen-bond donors (Lipinski definition) is 1. The smallest absolute Gasteiger partial charge is 0.550 e. The molecule has 0 aliphatic rings. The van der Waals surface area contributed by atoms with Crippen molar-refractivity contribution in [2.75, 3.05) is 0 Å². The van der Waals surface area contributed by atoms with Gasteiger partial charge in [0.25, 0.3) is 10.1 Å². The molecule has 0 heterocycles. The Morgan fingerprint density at radius 3 is 1.16 bits per heavy atom. The molecule has 0 saturated carbocycles. The molecule has 0 bridgehead atoms. The molecule has 0 aliphatic carbocycles. The van der Waals surface area contributed by atoms with Gasteiger partial charge < -0.3 is 19.8 Å². The molecule has 0 aromatic heterocycles. The zero-order valence-corrected chi connectivity index (χ0v) is 35.5. The fraction of sp³-hybridized carbons (Fsp3) is 0.939. The predicted molar refractivity (Wildman–Crippen MR) is 164 cm³/mol. The van der Waals surface area contributed by atoms with E-state index in [1.54, 1.807) is 0 Å². The SMILES string of the molecule is CCCCCCCCCCCCCCC(CC(=O)[O-])C(CCCCCCCCCCCCCC)(C(=O)[O-])S(=O)(=O)O.[K+].[K+]. The molecule has 2 unspecified atom stereocenters. The van der Waals surface area contributed by atoms with E-state index in [1.807, 2.05) is 0 Å². The molecule has 1 N–H and O–H groups in total. The van der Waals surface area contributed by atoms with Crippen LogP contribution < -0.4 is 113 Å². The molecule has 244 valence electrons. The zero-order chi connectivity index (χ0) is 30.8. The largest absolute Gasteiger partial charge is 1.00 e. The molecule has 0 saturated heterocycles. The van der Waals surface area contributed by atoms with E-state index in [-0.39, 0.29) is 122 Å². The summed E-state index contributed by atoms with van der Waals surface area (Å²) < 4.78 is 32.4. The average Bonchev–Trinajstić information content (AvgIpc) is 2.90. The van der Waals surface area contributed by atoms with Crippen LogP contribution in [0.5, 0.6) is 0 Å². The number of carboxylic acid groups (broad SMARTS) is 2. The summed E-state index contributed by atoms with van der Waals surface area (Å²) in [5, 5.41) is 23.8. The fourth-order valence-electron chi connectivity index (χ4n) is 6.08. The van der Waals surface area contributed by atoms with E-state index in [9.17, 15) is 32.8 Å². The molecule has 0 aliphatic heterocycles. The molecule has 43 heavy (non-hydrogen) atoms. The van der Waals surface area contributed by atoms with Gasteiger partial charge >= 0.3 is 103 Å². The molecule has 0 amide bonds. The maximum atomic E-state index is 12.5. The summed E-state index contributed by atoms with van der Waals surface area (Å²) in [6.07, 6.45) is 24.7. The number of hydrogen-bond acceptors (Lipinski definition) is 6. The Hall–Kier alpha value is 2.12. The minimum Gasteiger partial charge on any atom is -0.550 e. The molecule has 2 atom stereocenters. The van der Waals surface area contributed by atoms with Crippen molar-refractivity contribution in [2.45, 2.75) is 192 Å². The monoisotopic (exact) mass is 680 g/mol. The molecular formula is C33H62K2O7S. The van der Waals surface area contributed by atoms with Crippen LogP contribution in [0.4, 0.5) is 0 Å². The average molecular weight is 681 g/mol. The Kier molecular flexibility index (Phi) is 37.6. The van der Waals surface area contributed by atoms with Crippen LogP contribution in [0, 0.1) is 5.92 Å². The summed E-state index contributed by atoms with van der Waals surface area (Å²) in [5.74, 6) is -4.71. The van der Waals surface area contributed by atoms with Gasteiger partial charge in [0, 0.05) is 5.97 Å². The van der Waals surface area contributed by atoms with Crippen molar-refractivity contribution >= 4 is 22.1 Å². The topological polar surface area (TPSA) is 135 Å². The third-order valence-corrected chi connectivity index (χ3v) is 10.3. The summed E-state index contributed by atoms with van der Waals surface area (Å²) in [5.41, 5.74) is 0. The first-order valence-electron chi connectivity index (χ1n) is 17.0. The molecule has 7 nitrogen and oxygen atoms in total.